The van der Waals surface area contributed by atoms with Crippen LogP contribution in [0, 0.1) is 6.92 Å². The first kappa shape index (κ1) is 13.2. The van der Waals surface area contributed by atoms with E-state index in [-0.39, 0.29) is 11.9 Å². The number of amides is 1. The Morgan fingerprint density at radius 2 is 2.35 bits per heavy atom. The van der Waals surface area contributed by atoms with Crippen molar-refractivity contribution in [3.05, 3.63) is 34.4 Å². The monoisotopic (exact) mass is 294 g/mol. The molecule has 1 fully saturated rings. The van der Waals surface area contributed by atoms with Gasteiger partial charge in [-0.15, -0.1) is 0 Å². The predicted molar refractivity (Wildman–Crippen MR) is 72.5 cm³/mol. The number of likely N-dealkylation sites (tertiary alicyclic amines) is 1. The fraction of sp³-hybridized carbons (Fsp3) is 0.462. The molecule has 1 saturated heterocycles. The Balaban J connectivity index is 1.91. The third-order valence-corrected chi connectivity index (χ3v) is 3.86. The molecule has 0 saturated carbocycles. The average Bonchev–Trinajstić information content (AvgIpc) is 3.09. The Labute approximate surface area is 121 Å². The van der Waals surface area contributed by atoms with Gasteiger partial charge in [0.25, 0.3) is 5.91 Å². The topological polar surface area (TPSA) is 64.2 Å². The van der Waals surface area contributed by atoms with E-state index in [2.05, 4.69) is 10.3 Å². The number of halogens is 1. The van der Waals surface area contributed by atoms with Gasteiger partial charge in [-0.3, -0.25) is 9.48 Å². The van der Waals surface area contributed by atoms with Crippen molar-refractivity contribution < 1.29 is 9.32 Å². The van der Waals surface area contributed by atoms with Crippen molar-refractivity contribution in [1.82, 2.24) is 19.8 Å². The number of carbonyl (C=O) groups excluding carboxylic acids is 1. The van der Waals surface area contributed by atoms with Gasteiger partial charge in [0.1, 0.15) is 5.69 Å². The van der Waals surface area contributed by atoms with Crippen LogP contribution >= 0.6 is 11.6 Å². The maximum Gasteiger partial charge on any atom is 0.274 e. The molecule has 1 atom stereocenters. The van der Waals surface area contributed by atoms with Crippen molar-refractivity contribution in [1.29, 1.82) is 0 Å². The summed E-state index contributed by atoms with van der Waals surface area (Å²) in [6.45, 7) is 2.55. The number of carbonyl (C=O) groups is 1. The highest BCUT2D eigenvalue weighted by Gasteiger charge is 2.35. The highest BCUT2D eigenvalue weighted by molar-refractivity contribution is 6.33. The van der Waals surface area contributed by atoms with Crippen LogP contribution in [0.4, 0.5) is 0 Å². The van der Waals surface area contributed by atoms with E-state index in [1.807, 2.05) is 13.0 Å². The molecule has 20 heavy (non-hydrogen) atoms. The minimum atomic E-state index is -0.119. The summed E-state index contributed by atoms with van der Waals surface area (Å²) in [5.41, 5.74) is 1.23. The van der Waals surface area contributed by atoms with Crippen LogP contribution in [-0.4, -0.2) is 32.3 Å². The molecule has 7 heteroatoms. The Morgan fingerprint density at radius 3 is 2.95 bits per heavy atom. The smallest absolute Gasteiger partial charge is 0.274 e. The fourth-order valence-corrected chi connectivity index (χ4v) is 2.88. The number of hydrogen-bond donors (Lipinski definition) is 0. The lowest BCUT2D eigenvalue weighted by atomic mass is 10.1. The Morgan fingerprint density at radius 1 is 1.55 bits per heavy atom. The third-order valence-electron chi connectivity index (χ3n) is 3.58. The first-order valence-corrected chi connectivity index (χ1v) is 6.87. The van der Waals surface area contributed by atoms with Crippen molar-refractivity contribution in [2.75, 3.05) is 6.54 Å². The van der Waals surface area contributed by atoms with Crippen LogP contribution in [0.5, 0.6) is 0 Å². The summed E-state index contributed by atoms with van der Waals surface area (Å²) in [4.78, 5) is 14.4. The maximum absolute atomic E-state index is 12.7. The van der Waals surface area contributed by atoms with E-state index in [0.29, 0.717) is 17.3 Å². The van der Waals surface area contributed by atoms with Gasteiger partial charge < -0.3 is 9.42 Å². The molecule has 0 N–H and O–H groups in total. The minimum Gasteiger partial charge on any atom is -0.359 e. The van der Waals surface area contributed by atoms with Crippen molar-refractivity contribution in [3.63, 3.8) is 0 Å². The zero-order valence-electron chi connectivity index (χ0n) is 11.3. The Hall–Kier alpha value is -1.82. The SMILES string of the molecule is Cc1cc(C2CCCN2C(=O)c2c(Cl)cnn2C)on1. The summed E-state index contributed by atoms with van der Waals surface area (Å²) in [6, 6.07) is 1.80. The van der Waals surface area contributed by atoms with Gasteiger partial charge >= 0.3 is 0 Å². The molecule has 3 heterocycles. The quantitative estimate of drug-likeness (QED) is 0.853. The molecule has 3 rings (SSSR count). The number of aryl methyl sites for hydroxylation is 2. The Bertz CT molecular complexity index is 629. The molecule has 0 spiro atoms. The van der Waals surface area contributed by atoms with Crippen molar-refractivity contribution in [3.8, 4) is 0 Å². The van der Waals surface area contributed by atoms with Gasteiger partial charge in [0.2, 0.25) is 0 Å². The first-order chi connectivity index (χ1) is 9.58. The highest BCUT2D eigenvalue weighted by atomic mass is 35.5. The summed E-state index contributed by atoms with van der Waals surface area (Å²) in [6.07, 6.45) is 3.29. The summed E-state index contributed by atoms with van der Waals surface area (Å²) in [5, 5.41) is 8.28. The second-order valence-corrected chi connectivity index (χ2v) is 5.40. The van der Waals surface area contributed by atoms with Gasteiger partial charge in [0.15, 0.2) is 5.76 Å². The van der Waals surface area contributed by atoms with Crippen molar-refractivity contribution in [2.45, 2.75) is 25.8 Å². The van der Waals surface area contributed by atoms with Gasteiger partial charge in [0, 0.05) is 19.7 Å². The minimum absolute atomic E-state index is 0.0744. The molecule has 2 aromatic heterocycles. The molecular formula is C13H15ClN4O2. The lowest BCUT2D eigenvalue weighted by Crippen LogP contribution is -2.32. The highest BCUT2D eigenvalue weighted by Crippen LogP contribution is 2.34. The van der Waals surface area contributed by atoms with E-state index in [9.17, 15) is 4.79 Å². The molecular weight excluding hydrogens is 280 g/mol. The van der Waals surface area contributed by atoms with E-state index in [1.54, 1.807) is 11.9 Å². The normalized spacial score (nSPS) is 18.8. The molecule has 0 bridgehead atoms. The van der Waals surface area contributed by atoms with Crippen LogP contribution in [0.25, 0.3) is 0 Å². The third kappa shape index (κ3) is 2.10. The largest absolute Gasteiger partial charge is 0.359 e. The molecule has 6 nitrogen and oxygen atoms in total. The summed E-state index contributed by atoms with van der Waals surface area (Å²) < 4.78 is 6.81. The molecule has 1 amide bonds. The van der Waals surface area contributed by atoms with Gasteiger partial charge in [-0.2, -0.15) is 5.10 Å². The molecule has 0 aliphatic carbocycles. The summed E-state index contributed by atoms with van der Waals surface area (Å²) in [5.74, 6) is 0.609. The lowest BCUT2D eigenvalue weighted by Gasteiger charge is -2.22. The standard InChI is InChI=1S/C13H15ClN4O2/c1-8-6-11(20-16-8)10-4-3-5-18(10)13(19)12-9(14)7-15-17(12)2/h6-7,10H,3-5H2,1-2H3. The van der Waals surface area contributed by atoms with E-state index in [1.165, 1.54) is 10.9 Å². The Kier molecular flexibility index (Phi) is 3.25. The molecule has 0 radical (unpaired) electrons. The number of rotatable bonds is 2. The maximum atomic E-state index is 12.7. The van der Waals surface area contributed by atoms with Crippen LogP contribution in [0.3, 0.4) is 0 Å². The average molecular weight is 295 g/mol. The number of aromatic nitrogens is 3. The van der Waals surface area contributed by atoms with Crippen LogP contribution in [0.15, 0.2) is 16.8 Å². The van der Waals surface area contributed by atoms with E-state index < -0.39 is 0 Å². The second kappa shape index (κ2) is 4.94. The van der Waals surface area contributed by atoms with Crippen molar-refractivity contribution >= 4 is 17.5 Å². The van der Waals surface area contributed by atoms with E-state index >= 15 is 0 Å². The second-order valence-electron chi connectivity index (χ2n) is 4.99. The van der Waals surface area contributed by atoms with Gasteiger partial charge in [-0.05, 0) is 19.8 Å². The van der Waals surface area contributed by atoms with Crippen LogP contribution in [-0.2, 0) is 7.05 Å². The van der Waals surface area contributed by atoms with Crippen LogP contribution < -0.4 is 0 Å². The lowest BCUT2D eigenvalue weighted by molar-refractivity contribution is 0.0703. The zero-order chi connectivity index (χ0) is 14.3. The molecule has 1 aliphatic heterocycles. The van der Waals surface area contributed by atoms with Gasteiger partial charge in [-0.25, -0.2) is 0 Å². The van der Waals surface area contributed by atoms with Gasteiger partial charge in [0.05, 0.1) is 23.0 Å². The first-order valence-electron chi connectivity index (χ1n) is 6.49. The number of hydrogen-bond acceptors (Lipinski definition) is 4. The van der Waals surface area contributed by atoms with Gasteiger partial charge in [-0.1, -0.05) is 16.8 Å². The van der Waals surface area contributed by atoms with E-state index in [0.717, 1.165) is 24.3 Å². The van der Waals surface area contributed by atoms with Crippen LogP contribution in [0.2, 0.25) is 5.02 Å². The molecule has 106 valence electrons. The molecule has 1 aliphatic rings. The van der Waals surface area contributed by atoms with Crippen LogP contribution in [0.1, 0.15) is 40.8 Å². The molecule has 2 aromatic rings. The summed E-state index contributed by atoms with van der Waals surface area (Å²) >= 11 is 6.05. The predicted octanol–water partition coefficient (Wildman–Crippen LogP) is 2.35. The number of nitrogens with zero attached hydrogens (tertiary/aromatic N) is 4. The molecule has 0 aromatic carbocycles. The zero-order valence-corrected chi connectivity index (χ0v) is 12.1. The van der Waals surface area contributed by atoms with E-state index in [4.69, 9.17) is 16.1 Å². The fourth-order valence-electron chi connectivity index (χ4n) is 2.63. The summed E-state index contributed by atoms with van der Waals surface area (Å²) in [7, 11) is 1.71. The van der Waals surface area contributed by atoms with Crippen molar-refractivity contribution in [2.24, 2.45) is 7.05 Å². The molecule has 1 unspecified atom stereocenters.